The lowest BCUT2D eigenvalue weighted by Crippen LogP contribution is -2.36. The van der Waals surface area contributed by atoms with Gasteiger partial charge in [-0.15, -0.1) is 0 Å². The number of ether oxygens (including phenoxy) is 1. The smallest absolute Gasteiger partial charge is 0.415 e. The number of anilines is 1. The lowest BCUT2D eigenvalue weighted by Gasteiger charge is -2.28. The lowest BCUT2D eigenvalue weighted by molar-refractivity contribution is 0.0578. The molecule has 5 nitrogen and oxygen atoms in total. The molecule has 0 atom stereocenters. The van der Waals surface area contributed by atoms with Gasteiger partial charge in [0.05, 0.1) is 23.3 Å². The number of halogens is 1. The maximum Gasteiger partial charge on any atom is 0.415 e. The van der Waals surface area contributed by atoms with E-state index in [2.05, 4.69) is 54.6 Å². The van der Waals surface area contributed by atoms with Crippen molar-refractivity contribution < 1.29 is 13.9 Å². The van der Waals surface area contributed by atoms with Crippen molar-refractivity contribution in [2.75, 3.05) is 4.90 Å². The van der Waals surface area contributed by atoms with E-state index in [1.54, 1.807) is 23.2 Å². The first-order valence-electron chi connectivity index (χ1n) is 11.8. The van der Waals surface area contributed by atoms with Gasteiger partial charge in [-0.3, -0.25) is 9.88 Å². The Balaban J connectivity index is 1.88. The second kappa shape index (κ2) is 9.53. The maximum absolute atomic E-state index is 13.6. The highest BCUT2D eigenvalue weighted by Gasteiger charge is 2.27. The SMILES string of the molecule is Cc1cccc(Cn2c(C)c(C)c3nccc(N(Cc4ccc(F)cc4)C(=O)OC(C)(C)C)c32)c1. The number of amides is 1. The van der Waals surface area contributed by atoms with Crippen LogP contribution in [0.4, 0.5) is 14.9 Å². The minimum Gasteiger partial charge on any atom is -0.443 e. The van der Waals surface area contributed by atoms with Crippen LogP contribution in [0.3, 0.4) is 0 Å². The summed E-state index contributed by atoms with van der Waals surface area (Å²) in [6.07, 6.45) is 1.26. The summed E-state index contributed by atoms with van der Waals surface area (Å²) in [4.78, 5) is 19.8. The molecule has 0 bridgehead atoms. The van der Waals surface area contributed by atoms with Crippen LogP contribution in [0, 0.1) is 26.6 Å². The first-order chi connectivity index (χ1) is 16.5. The van der Waals surface area contributed by atoms with Crippen LogP contribution in [0.15, 0.2) is 60.8 Å². The Bertz CT molecular complexity index is 1370. The summed E-state index contributed by atoms with van der Waals surface area (Å²) in [5.41, 5.74) is 7.08. The third kappa shape index (κ3) is 5.37. The van der Waals surface area contributed by atoms with Crippen molar-refractivity contribution in [2.45, 2.75) is 60.2 Å². The van der Waals surface area contributed by atoms with E-state index in [1.807, 2.05) is 26.8 Å². The molecule has 4 aromatic rings. The number of rotatable bonds is 5. The van der Waals surface area contributed by atoms with Crippen molar-refractivity contribution >= 4 is 22.8 Å². The molecule has 0 aliphatic carbocycles. The van der Waals surface area contributed by atoms with Gasteiger partial charge in [-0.2, -0.15) is 0 Å². The Kier molecular flexibility index (Phi) is 6.66. The van der Waals surface area contributed by atoms with Crippen LogP contribution in [-0.4, -0.2) is 21.2 Å². The normalized spacial score (nSPS) is 11.6. The van der Waals surface area contributed by atoms with Gasteiger partial charge in [0.2, 0.25) is 0 Å². The molecule has 0 saturated heterocycles. The number of carbonyl (C=O) groups is 1. The van der Waals surface area contributed by atoms with E-state index >= 15 is 0 Å². The van der Waals surface area contributed by atoms with Crippen LogP contribution in [0.25, 0.3) is 11.0 Å². The molecule has 0 N–H and O–H groups in total. The van der Waals surface area contributed by atoms with E-state index in [1.165, 1.54) is 23.3 Å². The molecule has 0 radical (unpaired) electrons. The predicted octanol–water partition coefficient (Wildman–Crippen LogP) is 7.09. The summed E-state index contributed by atoms with van der Waals surface area (Å²) < 4.78 is 21.6. The van der Waals surface area contributed by atoms with Crippen LogP contribution < -0.4 is 4.90 Å². The minimum atomic E-state index is -0.667. The van der Waals surface area contributed by atoms with Crippen molar-refractivity contribution in [1.82, 2.24) is 9.55 Å². The predicted molar refractivity (Wildman–Crippen MR) is 138 cm³/mol. The van der Waals surface area contributed by atoms with Gasteiger partial charge in [0.1, 0.15) is 11.4 Å². The monoisotopic (exact) mass is 473 g/mol. The van der Waals surface area contributed by atoms with Gasteiger partial charge in [-0.05, 0) is 76.4 Å². The highest BCUT2D eigenvalue weighted by Crippen LogP contribution is 2.34. The molecular formula is C29H32FN3O2. The fourth-order valence-corrected chi connectivity index (χ4v) is 4.27. The third-order valence-corrected chi connectivity index (χ3v) is 6.06. The van der Waals surface area contributed by atoms with E-state index < -0.39 is 11.7 Å². The van der Waals surface area contributed by atoms with Gasteiger partial charge in [-0.1, -0.05) is 42.0 Å². The second-order valence-corrected chi connectivity index (χ2v) is 10.0. The number of pyridine rings is 1. The van der Waals surface area contributed by atoms with Crippen molar-refractivity contribution in [3.05, 3.63) is 94.6 Å². The number of hydrogen-bond acceptors (Lipinski definition) is 3. The number of fused-ring (bicyclic) bond motifs is 1. The lowest BCUT2D eigenvalue weighted by atomic mass is 10.1. The van der Waals surface area contributed by atoms with E-state index in [0.29, 0.717) is 12.2 Å². The summed E-state index contributed by atoms with van der Waals surface area (Å²) in [6.45, 7) is 12.6. The highest BCUT2D eigenvalue weighted by molar-refractivity contribution is 6.00. The number of hydrogen-bond donors (Lipinski definition) is 0. The zero-order chi connectivity index (χ0) is 25.3. The van der Waals surface area contributed by atoms with E-state index in [-0.39, 0.29) is 12.4 Å². The standard InChI is InChI=1S/C29H32FN3O2/c1-19-8-7-9-23(16-19)18-32-21(3)20(2)26-27(32)25(14-15-31-26)33(28(34)35-29(4,5)6)17-22-10-12-24(30)13-11-22/h7-16H,17-18H2,1-6H3. The van der Waals surface area contributed by atoms with Gasteiger partial charge < -0.3 is 9.30 Å². The average Bonchev–Trinajstić information content (AvgIpc) is 3.03. The number of carbonyl (C=O) groups excluding carboxylic acids is 1. The zero-order valence-electron chi connectivity index (χ0n) is 21.2. The Morgan fingerprint density at radius 3 is 2.40 bits per heavy atom. The van der Waals surface area contributed by atoms with Crippen LogP contribution >= 0.6 is 0 Å². The molecule has 0 aliphatic heterocycles. The molecule has 2 aromatic carbocycles. The van der Waals surface area contributed by atoms with Crippen LogP contribution in [-0.2, 0) is 17.8 Å². The number of nitrogens with zero attached hydrogens (tertiary/aromatic N) is 3. The number of aromatic nitrogens is 2. The molecular weight excluding hydrogens is 441 g/mol. The van der Waals surface area contributed by atoms with Gasteiger partial charge in [0, 0.05) is 18.4 Å². The molecule has 0 aliphatic rings. The summed E-state index contributed by atoms with van der Waals surface area (Å²) >= 11 is 0. The van der Waals surface area contributed by atoms with E-state index in [4.69, 9.17) is 4.74 Å². The van der Waals surface area contributed by atoms with Crippen LogP contribution in [0.2, 0.25) is 0 Å². The molecule has 2 heterocycles. The van der Waals surface area contributed by atoms with Crippen LogP contribution in [0.1, 0.15) is 48.7 Å². The molecule has 182 valence electrons. The Labute approximate surface area is 206 Å². The number of benzene rings is 2. The van der Waals surface area contributed by atoms with Crippen LogP contribution in [0.5, 0.6) is 0 Å². The minimum absolute atomic E-state index is 0.238. The van der Waals surface area contributed by atoms with Crippen molar-refractivity contribution in [1.29, 1.82) is 0 Å². The first kappa shape index (κ1) is 24.5. The molecule has 6 heteroatoms. The molecule has 0 spiro atoms. The summed E-state index contributed by atoms with van der Waals surface area (Å²) in [7, 11) is 0. The Morgan fingerprint density at radius 1 is 1.03 bits per heavy atom. The highest BCUT2D eigenvalue weighted by atomic mass is 19.1. The quantitative estimate of drug-likeness (QED) is 0.311. The Hall–Kier alpha value is -3.67. The summed E-state index contributed by atoms with van der Waals surface area (Å²) in [5.74, 6) is -0.317. The van der Waals surface area contributed by atoms with Gasteiger partial charge >= 0.3 is 6.09 Å². The summed E-state index contributed by atoms with van der Waals surface area (Å²) in [5, 5.41) is 0. The molecule has 1 amide bonds. The van der Waals surface area contributed by atoms with E-state index in [0.717, 1.165) is 27.9 Å². The van der Waals surface area contributed by atoms with Crippen molar-refractivity contribution in [3.8, 4) is 0 Å². The largest absolute Gasteiger partial charge is 0.443 e. The topological polar surface area (TPSA) is 47.4 Å². The third-order valence-electron chi connectivity index (χ3n) is 6.06. The average molecular weight is 474 g/mol. The van der Waals surface area contributed by atoms with Crippen molar-refractivity contribution in [2.24, 2.45) is 0 Å². The fourth-order valence-electron chi connectivity index (χ4n) is 4.27. The maximum atomic E-state index is 13.6. The molecule has 35 heavy (non-hydrogen) atoms. The molecule has 2 aromatic heterocycles. The Morgan fingerprint density at radius 2 is 1.74 bits per heavy atom. The molecule has 0 fully saturated rings. The van der Waals surface area contributed by atoms with Crippen molar-refractivity contribution in [3.63, 3.8) is 0 Å². The van der Waals surface area contributed by atoms with Gasteiger partial charge in [0.25, 0.3) is 0 Å². The second-order valence-electron chi connectivity index (χ2n) is 10.0. The molecule has 4 rings (SSSR count). The van der Waals surface area contributed by atoms with Gasteiger partial charge in [-0.25, -0.2) is 9.18 Å². The molecule has 0 saturated carbocycles. The molecule has 0 unspecified atom stereocenters. The first-order valence-corrected chi connectivity index (χ1v) is 11.8. The van der Waals surface area contributed by atoms with Gasteiger partial charge in [0.15, 0.2) is 0 Å². The number of aryl methyl sites for hydroxylation is 2. The fraction of sp³-hybridized carbons (Fsp3) is 0.310. The van der Waals surface area contributed by atoms with E-state index in [9.17, 15) is 9.18 Å². The zero-order valence-corrected chi connectivity index (χ0v) is 21.2. The summed E-state index contributed by atoms with van der Waals surface area (Å²) in [6, 6.07) is 16.4.